The van der Waals surface area contributed by atoms with Crippen LogP contribution in [-0.2, 0) is 6.54 Å². The highest BCUT2D eigenvalue weighted by molar-refractivity contribution is 7.71. The second-order valence-corrected chi connectivity index (χ2v) is 8.42. The van der Waals surface area contributed by atoms with E-state index in [9.17, 15) is 5.11 Å². The molecule has 7 heteroatoms. The second-order valence-electron chi connectivity index (χ2n) is 7.62. The van der Waals surface area contributed by atoms with Gasteiger partial charge < -0.3 is 14.8 Å². The third-order valence-corrected chi connectivity index (χ3v) is 5.40. The molecule has 144 valence electrons. The molecule has 0 spiro atoms. The molecule has 0 aliphatic carbocycles. The van der Waals surface area contributed by atoms with Crippen molar-refractivity contribution in [2.45, 2.75) is 58.6 Å². The Morgan fingerprint density at radius 2 is 1.96 bits per heavy atom. The van der Waals surface area contributed by atoms with E-state index in [2.05, 4.69) is 10.1 Å². The van der Waals surface area contributed by atoms with Crippen molar-refractivity contribution in [1.29, 1.82) is 0 Å². The summed E-state index contributed by atoms with van der Waals surface area (Å²) < 4.78 is 7.89. The van der Waals surface area contributed by atoms with E-state index in [1.165, 1.54) is 0 Å². The van der Waals surface area contributed by atoms with E-state index < -0.39 is 5.60 Å². The lowest BCUT2D eigenvalue weighted by molar-refractivity contribution is -0.0817. The highest BCUT2D eigenvalue weighted by atomic mass is 35.5. The number of unbranched alkanes of at least 4 members (excludes halogenated alkanes) is 2. The van der Waals surface area contributed by atoms with Gasteiger partial charge in [-0.25, -0.2) is 4.68 Å². The van der Waals surface area contributed by atoms with E-state index in [1.54, 1.807) is 11.0 Å². The van der Waals surface area contributed by atoms with Gasteiger partial charge in [0.2, 0.25) is 0 Å². The summed E-state index contributed by atoms with van der Waals surface area (Å²) in [4.78, 5) is 2.87. The van der Waals surface area contributed by atoms with E-state index in [4.69, 9.17) is 28.6 Å². The van der Waals surface area contributed by atoms with E-state index in [1.807, 2.05) is 45.0 Å². The van der Waals surface area contributed by atoms with Crippen LogP contribution in [0.15, 0.2) is 30.6 Å². The number of benzene rings is 1. The summed E-state index contributed by atoms with van der Waals surface area (Å²) in [6, 6.07) is 7.48. The molecule has 1 unspecified atom stereocenters. The third-order valence-electron chi connectivity index (χ3n) is 4.76. The molecule has 0 bridgehead atoms. The fourth-order valence-corrected chi connectivity index (χ4v) is 3.13. The molecule has 0 aliphatic rings. The van der Waals surface area contributed by atoms with E-state index in [0.717, 1.165) is 19.3 Å². The Bertz CT molecular complexity index is 753. The van der Waals surface area contributed by atoms with Crippen LogP contribution in [0.2, 0.25) is 5.02 Å². The van der Waals surface area contributed by atoms with Gasteiger partial charge in [0, 0.05) is 0 Å². The van der Waals surface area contributed by atoms with Gasteiger partial charge in [-0.2, -0.15) is 5.10 Å². The van der Waals surface area contributed by atoms with Crippen molar-refractivity contribution < 1.29 is 9.84 Å². The van der Waals surface area contributed by atoms with Crippen LogP contribution < -0.4 is 4.74 Å². The fraction of sp³-hybridized carbons (Fsp3) is 0.579. The summed E-state index contributed by atoms with van der Waals surface area (Å²) in [6.07, 6.45) is 5.01. The minimum Gasteiger partial charge on any atom is -0.492 e. The summed E-state index contributed by atoms with van der Waals surface area (Å²) in [5, 5.41) is 16.1. The van der Waals surface area contributed by atoms with Gasteiger partial charge >= 0.3 is 0 Å². The van der Waals surface area contributed by atoms with Crippen molar-refractivity contribution in [3.8, 4) is 5.75 Å². The first-order chi connectivity index (χ1) is 12.2. The number of nitrogens with zero attached hydrogens (tertiary/aromatic N) is 2. The van der Waals surface area contributed by atoms with Gasteiger partial charge in [0.15, 0.2) is 4.77 Å². The molecule has 0 fully saturated rings. The maximum Gasteiger partial charge on any atom is 0.195 e. The molecule has 0 radical (unpaired) electrons. The Morgan fingerprint density at radius 1 is 1.23 bits per heavy atom. The standard InChI is InChI=1S/C19H28ClN3O2S/c1-18(2,3)19(24,13-23-17(26)21-14-22-23)11-7-4-8-12-25-16-10-6-5-9-15(16)20/h5-6,9-10,14,24H,4,7-8,11-13H2,1-3H3,(H,21,22,26). The van der Waals surface area contributed by atoms with Crippen molar-refractivity contribution in [2.24, 2.45) is 5.41 Å². The summed E-state index contributed by atoms with van der Waals surface area (Å²) >= 11 is 11.3. The summed E-state index contributed by atoms with van der Waals surface area (Å²) in [7, 11) is 0. The first-order valence-electron chi connectivity index (χ1n) is 8.93. The predicted molar refractivity (Wildman–Crippen MR) is 107 cm³/mol. The normalized spacial score (nSPS) is 14.2. The Hall–Kier alpha value is -1.37. The Labute approximate surface area is 165 Å². The lowest BCUT2D eigenvalue weighted by Crippen LogP contribution is -2.46. The first-order valence-corrected chi connectivity index (χ1v) is 9.72. The second kappa shape index (κ2) is 9.02. The zero-order valence-corrected chi connectivity index (χ0v) is 17.2. The number of hydrogen-bond acceptors (Lipinski definition) is 4. The third kappa shape index (κ3) is 5.56. The van der Waals surface area contributed by atoms with Gasteiger partial charge in [0.1, 0.15) is 12.1 Å². The highest BCUT2D eigenvalue weighted by Gasteiger charge is 2.40. The SMILES string of the molecule is CC(C)(C)C(O)(CCCCCOc1ccccc1Cl)Cn1nc[nH]c1=S. The van der Waals surface area contributed by atoms with E-state index in [0.29, 0.717) is 35.1 Å². The largest absolute Gasteiger partial charge is 0.492 e. The zero-order valence-electron chi connectivity index (χ0n) is 15.7. The Kier molecular flexibility index (Phi) is 7.26. The van der Waals surface area contributed by atoms with Crippen LogP contribution in [0.3, 0.4) is 0 Å². The molecule has 2 aromatic rings. The van der Waals surface area contributed by atoms with Crippen LogP contribution in [0, 0.1) is 10.2 Å². The molecule has 5 nitrogen and oxygen atoms in total. The maximum absolute atomic E-state index is 11.2. The van der Waals surface area contributed by atoms with Gasteiger partial charge in [-0.1, -0.05) is 50.9 Å². The topological polar surface area (TPSA) is 63.1 Å². The van der Waals surface area contributed by atoms with Crippen LogP contribution in [0.25, 0.3) is 0 Å². The molecular weight excluding hydrogens is 370 g/mol. The van der Waals surface area contributed by atoms with E-state index in [-0.39, 0.29) is 5.41 Å². The number of aliphatic hydroxyl groups is 1. The minimum absolute atomic E-state index is 0.283. The van der Waals surface area contributed by atoms with Crippen LogP contribution in [0.1, 0.15) is 46.5 Å². The number of rotatable bonds is 9. The smallest absolute Gasteiger partial charge is 0.195 e. The van der Waals surface area contributed by atoms with Gasteiger partial charge in [0.05, 0.1) is 23.8 Å². The minimum atomic E-state index is -0.885. The molecule has 1 aromatic heterocycles. The number of halogens is 1. The van der Waals surface area contributed by atoms with Gasteiger partial charge in [0.25, 0.3) is 0 Å². The number of aromatic amines is 1. The number of para-hydroxylation sites is 1. The first kappa shape index (κ1) is 20.9. The zero-order chi connectivity index (χ0) is 19.2. The van der Waals surface area contributed by atoms with Crippen LogP contribution in [0.5, 0.6) is 5.75 Å². The number of nitrogens with one attached hydrogen (secondary N) is 1. The molecule has 0 amide bonds. The lowest BCUT2D eigenvalue weighted by atomic mass is 9.73. The molecule has 2 N–H and O–H groups in total. The van der Waals surface area contributed by atoms with Crippen LogP contribution in [-0.4, -0.2) is 32.1 Å². The van der Waals surface area contributed by atoms with Crippen molar-refractivity contribution >= 4 is 23.8 Å². The number of ether oxygens (including phenoxy) is 1. The monoisotopic (exact) mass is 397 g/mol. The van der Waals surface area contributed by atoms with Crippen molar-refractivity contribution in [1.82, 2.24) is 14.8 Å². The molecule has 2 rings (SSSR count). The number of aromatic nitrogens is 3. The molecular formula is C19H28ClN3O2S. The van der Waals surface area contributed by atoms with Gasteiger partial charge in [-0.15, -0.1) is 0 Å². The molecule has 0 aliphatic heterocycles. The molecule has 1 aromatic carbocycles. The van der Waals surface area contributed by atoms with Crippen molar-refractivity contribution in [2.75, 3.05) is 6.61 Å². The fourth-order valence-electron chi connectivity index (χ4n) is 2.77. The average Bonchev–Trinajstić information content (AvgIpc) is 2.96. The molecule has 1 atom stereocenters. The Morgan fingerprint density at radius 3 is 2.58 bits per heavy atom. The highest BCUT2D eigenvalue weighted by Crippen LogP contribution is 2.36. The van der Waals surface area contributed by atoms with E-state index >= 15 is 0 Å². The number of hydrogen-bond donors (Lipinski definition) is 2. The van der Waals surface area contributed by atoms with Gasteiger partial charge in [-0.3, -0.25) is 0 Å². The van der Waals surface area contributed by atoms with Crippen molar-refractivity contribution in [3.63, 3.8) is 0 Å². The van der Waals surface area contributed by atoms with Crippen molar-refractivity contribution in [3.05, 3.63) is 40.4 Å². The Balaban J connectivity index is 1.81. The number of H-pyrrole nitrogens is 1. The summed E-state index contributed by atoms with van der Waals surface area (Å²) in [5.74, 6) is 0.716. The average molecular weight is 398 g/mol. The quantitative estimate of drug-likeness (QED) is 0.461. The van der Waals surface area contributed by atoms with Crippen LogP contribution in [0.4, 0.5) is 0 Å². The lowest BCUT2D eigenvalue weighted by Gasteiger charge is -2.40. The van der Waals surface area contributed by atoms with Gasteiger partial charge in [-0.05, 0) is 49.0 Å². The summed E-state index contributed by atoms with van der Waals surface area (Å²) in [6.45, 7) is 7.13. The molecule has 26 heavy (non-hydrogen) atoms. The molecule has 0 saturated carbocycles. The van der Waals surface area contributed by atoms with Crippen LogP contribution >= 0.6 is 23.8 Å². The molecule has 1 heterocycles. The summed E-state index contributed by atoms with van der Waals surface area (Å²) in [5.41, 5.74) is -1.17. The molecule has 0 saturated heterocycles. The predicted octanol–water partition coefficient (Wildman–Crippen LogP) is 5.01. The maximum atomic E-state index is 11.2.